The molecule has 0 saturated carbocycles. The van der Waals surface area contributed by atoms with Gasteiger partial charge in [0.15, 0.2) is 0 Å². The molecular formula is C40H79NO6. The number of ether oxygens (including phenoxy) is 3. The van der Waals surface area contributed by atoms with Crippen LogP contribution in [0.25, 0.3) is 0 Å². The van der Waals surface area contributed by atoms with E-state index < -0.39 is 6.16 Å². The first kappa shape index (κ1) is 45.7. The van der Waals surface area contributed by atoms with E-state index in [0.29, 0.717) is 19.6 Å². The molecule has 0 saturated heterocycles. The molecule has 0 aliphatic carbocycles. The van der Waals surface area contributed by atoms with Crippen LogP contribution in [-0.2, 0) is 19.0 Å². The Labute approximate surface area is 291 Å². The van der Waals surface area contributed by atoms with Crippen molar-refractivity contribution >= 4 is 12.1 Å². The summed E-state index contributed by atoms with van der Waals surface area (Å²) in [5, 5.41) is 9.33. The number of hydrogen-bond acceptors (Lipinski definition) is 7. The average molecular weight is 670 g/mol. The second-order valence-corrected chi connectivity index (χ2v) is 13.7. The van der Waals surface area contributed by atoms with Gasteiger partial charge in [0.25, 0.3) is 0 Å². The highest BCUT2D eigenvalue weighted by molar-refractivity contribution is 5.69. The van der Waals surface area contributed by atoms with Crippen LogP contribution in [0.5, 0.6) is 0 Å². The Balaban J connectivity index is 4.08. The van der Waals surface area contributed by atoms with Gasteiger partial charge in [-0.3, -0.25) is 4.79 Å². The summed E-state index contributed by atoms with van der Waals surface area (Å²) in [6.45, 7) is 10.8. The van der Waals surface area contributed by atoms with E-state index in [2.05, 4.69) is 25.7 Å². The van der Waals surface area contributed by atoms with Gasteiger partial charge in [0.1, 0.15) is 6.10 Å². The molecule has 0 unspecified atom stereocenters. The number of rotatable bonds is 37. The van der Waals surface area contributed by atoms with Gasteiger partial charge >= 0.3 is 12.1 Å². The maximum atomic E-state index is 12.7. The molecule has 7 heteroatoms. The minimum absolute atomic E-state index is 0.0102. The zero-order chi connectivity index (χ0) is 34.5. The first-order valence-electron chi connectivity index (χ1n) is 20.4. The molecule has 0 heterocycles. The number of aliphatic hydroxyl groups excluding tert-OH is 1. The van der Waals surface area contributed by atoms with Crippen LogP contribution in [0.4, 0.5) is 4.79 Å². The van der Waals surface area contributed by atoms with Gasteiger partial charge in [-0.2, -0.15) is 0 Å². The summed E-state index contributed by atoms with van der Waals surface area (Å²) in [6.07, 6.45) is 31.1. The lowest BCUT2D eigenvalue weighted by atomic mass is 10.0. The lowest BCUT2D eigenvalue weighted by Gasteiger charge is -2.22. The summed E-state index contributed by atoms with van der Waals surface area (Å²) in [4.78, 5) is 26.7. The minimum Gasteiger partial charge on any atom is -0.462 e. The van der Waals surface area contributed by atoms with Gasteiger partial charge in [0.05, 0.1) is 13.2 Å². The highest BCUT2D eigenvalue weighted by Gasteiger charge is 2.14. The number of unbranched alkanes of at least 4 members (excludes halogenated alkanes) is 19. The van der Waals surface area contributed by atoms with Crippen molar-refractivity contribution in [1.29, 1.82) is 0 Å². The Hall–Kier alpha value is -1.34. The second-order valence-electron chi connectivity index (χ2n) is 13.7. The van der Waals surface area contributed by atoms with E-state index in [1.807, 2.05) is 0 Å². The summed E-state index contributed by atoms with van der Waals surface area (Å²) in [7, 11) is 0. The molecule has 0 fully saturated rings. The third-order valence-corrected chi connectivity index (χ3v) is 9.10. The van der Waals surface area contributed by atoms with Crippen molar-refractivity contribution in [2.24, 2.45) is 0 Å². The van der Waals surface area contributed by atoms with Crippen molar-refractivity contribution in [3.05, 3.63) is 0 Å². The van der Waals surface area contributed by atoms with Gasteiger partial charge in [-0.05, 0) is 77.3 Å². The average Bonchev–Trinajstić information content (AvgIpc) is 3.07. The first-order valence-corrected chi connectivity index (χ1v) is 20.4. The first-order chi connectivity index (χ1) is 23.1. The van der Waals surface area contributed by atoms with E-state index in [9.17, 15) is 14.7 Å². The molecule has 0 amide bonds. The number of aliphatic hydroxyl groups is 1. The largest absolute Gasteiger partial charge is 0.508 e. The highest BCUT2D eigenvalue weighted by Crippen LogP contribution is 2.18. The molecule has 0 spiro atoms. The number of esters is 1. The van der Waals surface area contributed by atoms with Gasteiger partial charge < -0.3 is 24.2 Å². The van der Waals surface area contributed by atoms with E-state index >= 15 is 0 Å². The third kappa shape index (κ3) is 34.3. The molecule has 0 radical (unpaired) electrons. The predicted octanol–water partition coefficient (Wildman–Crippen LogP) is 11.3. The van der Waals surface area contributed by atoms with Crippen LogP contribution in [0.3, 0.4) is 0 Å². The third-order valence-electron chi connectivity index (χ3n) is 9.10. The van der Waals surface area contributed by atoms with Crippen LogP contribution in [0.2, 0.25) is 0 Å². The highest BCUT2D eigenvalue weighted by atomic mass is 16.7. The van der Waals surface area contributed by atoms with E-state index in [0.717, 1.165) is 110 Å². The van der Waals surface area contributed by atoms with Crippen LogP contribution in [-0.4, -0.2) is 67.7 Å². The van der Waals surface area contributed by atoms with Crippen molar-refractivity contribution in [2.45, 2.75) is 207 Å². The molecule has 47 heavy (non-hydrogen) atoms. The summed E-state index contributed by atoms with van der Waals surface area (Å²) in [5.41, 5.74) is 0. The summed E-state index contributed by atoms with van der Waals surface area (Å²) in [5.74, 6) is 0.0102. The monoisotopic (exact) mass is 670 g/mol. The lowest BCUT2D eigenvalue weighted by molar-refractivity contribution is -0.150. The number of carbonyl (C=O) groups is 2. The Kier molecular flexibility index (Phi) is 36.4. The second kappa shape index (κ2) is 37.5. The Morgan fingerprint density at radius 2 is 0.915 bits per heavy atom. The van der Waals surface area contributed by atoms with E-state index in [4.69, 9.17) is 14.2 Å². The van der Waals surface area contributed by atoms with Crippen molar-refractivity contribution in [2.75, 3.05) is 39.5 Å². The fourth-order valence-corrected chi connectivity index (χ4v) is 6.07. The van der Waals surface area contributed by atoms with Crippen LogP contribution in [0, 0.1) is 0 Å². The van der Waals surface area contributed by atoms with Crippen molar-refractivity contribution in [3.63, 3.8) is 0 Å². The molecular weight excluding hydrogens is 590 g/mol. The quantitative estimate of drug-likeness (QED) is 0.0520. The SMILES string of the molecule is CCCCCCCCC(CCCCCCCC)OC(=O)CCCCCCCN(CCCO)CCCCCCOC(=O)OCCCCC. The molecule has 0 atom stereocenters. The molecule has 0 aromatic carbocycles. The van der Waals surface area contributed by atoms with Gasteiger partial charge in [-0.15, -0.1) is 0 Å². The molecule has 0 rings (SSSR count). The lowest BCUT2D eigenvalue weighted by Crippen LogP contribution is -2.28. The minimum atomic E-state index is -0.539. The number of carbonyl (C=O) groups excluding carboxylic acids is 2. The van der Waals surface area contributed by atoms with E-state index in [1.165, 1.54) is 83.5 Å². The van der Waals surface area contributed by atoms with Crippen LogP contribution in [0.1, 0.15) is 201 Å². The maximum absolute atomic E-state index is 12.7. The number of nitrogens with zero attached hydrogens (tertiary/aromatic N) is 1. The normalized spacial score (nSPS) is 11.4. The van der Waals surface area contributed by atoms with Gasteiger partial charge in [0.2, 0.25) is 0 Å². The summed E-state index contributed by atoms with van der Waals surface area (Å²) < 4.78 is 16.2. The van der Waals surface area contributed by atoms with E-state index in [-0.39, 0.29) is 18.7 Å². The van der Waals surface area contributed by atoms with Gasteiger partial charge in [-0.25, -0.2) is 4.79 Å². The molecule has 0 aromatic rings. The molecule has 0 aromatic heterocycles. The standard InChI is InChI=1S/C40H79NO6/c1-4-7-10-12-15-21-29-38(30-22-16-13-11-8-5-2)47-39(43)31-23-17-14-18-24-32-41(34-28-35-42)33-25-19-20-27-37-46-40(44)45-36-26-9-6-3/h38,42H,4-37H2,1-3H3. The fourth-order valence-electron chi connectivity index (χ4n) is 6.07. The van der Waals surface area contributed by atoms with Crippen LogP contribution >= 0.6 is 0 Å². The summed E-state index contributed by atoms with van der Waals surface area (Å²) in [6, 6.07) is 0. The Morgan fingerprint density at radius 1 is 0.511 bits per heavy atom. The fraction of sp³-hybridized carbons (Fsp3) is 0.950. The smallest absolute Gasteiger partial charge is 0.462 e. The van der Waals surface area contributed by atoms with Crippen LogP contribution < -0.4 is 0 Å². The zero-order valence-corrected chi connectivity index (χ0v) is 31.6. The molecule has 0 bridgehead atoms. The molecule has 7 nitrogen and oxygen atoms in total. The zero-order valence-electron chi connectivity index (χ0n) is 31.6. The van der Waals surface area contributed by atoms with Crippen molar-refractivity contribution < 1.29 is 28.9 Å². The van der Waals surface area contributed by atoms with Crippen molar-refractivity contribution in [3.8, 4) is 0 Å². The molecule has 280 valence electrons. The molecule has 0 aliphatic heterocycles. The summed E-state index contributed by atoms with van der Waals surface area (Å²) >= 11 is 0. The van der Waals surface area contributed by atoms with Crippen LogP contribution in [0.15, 0.2) is 0 Å². The molecule has 0 aliphatic rings. The van der Waals surface area contributed by atoms with E-state index in [1.54, 1.807) is 0 Å². The maximum Gasteiger partial charge on any atom is 0.508 e. The topological polar surface area (TPSA) is 85.3 Å². The van der Waals surface area contributed by atoms with Crippen molar-refractivity contribution in [1.82, 2.24) is 4.90 Å². The molecule has 1 N–H and O–H groups in total. The Morgan fingerprint density at radius 3 is 1.45 bits per heavy atom. The van der Waals surface area contributed by atoms with Gasteiger partial charge in [0, 0.05) is 19.6 Å². The predicted molar refractivity (Wildman–Crippen MR) is 197 cm³/mol. The van der Waals surface area contributed by atoms with Gasteiger partial charge in [-0.1, -0.05) is 130 Å². The Bertz CT molecular complexity index is 645. The number of hydrogen-bond donors (Lipinski definition) is 1.